The van der Waals surface area contributed by atoms with Crippen molar-refractivity contribution in [3.05, 3.63) is 0 Å². The second-order valence-corrected chi connectivity index (χ2v) is 3.20. The van der Waals surface area contributed by atoms with E-state index in [1.807, 2.05) is 0 Å². The van der Waals surface area contributed by atoms with E-state index in [0.717, 1.165) is 13.2 Å². The van der Waals surface area contributed by atoms with E-state index in [1.54, 1.807) is 0 Å². The molecule has 42 valence electrons. The Morgan fingerprint density at radius 2 is 2.29 bits per heavy atom. The van der Waals surface area contributed by atoms with Crippen LogP contribution in [0.25, 0.3) is 0 Å². The summed E-state index contributed by atoms with van der Waals surface area (Å²) in [5.74, 6) is 0. The molecule has 0 spiro atoms. The smallest absolute Gasteiger partial charge is 0.0549 e. The van der Waals surface area contributed by atoms with Gasteiger partial charge >= 0.3 is 0 Å². The van der Waals surface area contributed by atoms with E-state index in [-0.39, 0.29) is 0 Å². The van der Waals surface area contributed by atoms with Crippen molar-refractivity contribution in [2.24, 2.45) is 5.41 Å². The molecule has 0 saturated carbocycles. The van der Waals surface area contributed by atoms with Gasteiger partial charge in [-0.05, 0) is 0 Å². The van der Waals surface area contributed by atoms with Crippen LogP contribution in [0, 0.1) is 5.41 Å². The van der Waals surface area contributed by atoms with E-state index in [1.165, 1.54) is 4.43 Å². The fraction of sp³-hybridized carbons (Fsp3) is 1.00. The third-order valence-corrected chi connectivity index (χ3v) is 3.07. The molecule has 1 fully saturated rings. The van der Waals surface area contributed by atoms with E-state index in [2.05, 4.69) is 29.5 Å². The van der Waals surface area contributed by atoms with Crippen molar-refractivity contribution < 1.29 is 4.74 Å². The third kappa shape index (κ3) is 1.08. The van der Waals surface area contributed by atoms with E-state index in [0.29, 0.717) is 5.41 Å². The van der Waals surface area contributed by atoms with Crippen LogP contribution in [0.2, 0.25) is 0 Å². The molecule has 1 heterocycles. The maximum absolute atomic E-state index is 5.02. The maximum atomic E-state index is 5.02. The molecule has 1 nitrogen and oxygen atoms in total. The fourth-order valence-electron chi connectivity index (χ4n) is 0.528. The lowest BCUT2D eigenvalue weighted by atomic mass is 9.92. The summed E-state index contributed by atoms with van der Waals surface area (Å²) in [7, 11) is 0. The van der Waals surface area contributed by atoms with Gasteiger partial charge < -0.3 is 4.74 Å². The molecule has 1 aliphatic heterocycles. The van der Waals surface area contributed by atoms with Crippen molar-refractivity contribution >= 4 is 22.6 Å². The molecule has 1 rings (SSSR count). The van der Waals surface area contributed by atoms with Gasteiger partial charge in [0.25, 0.3) is 0 Å². The van der Waals surface area contributed by atoms with Crippen LogP contribution in [0.3, 0.4) is 0 Å². The molecule has 2 heteroatoms. The number of hydrogen-bond donors (Lipinski definition) is 0. The van der Waals surface area contributed by atoms with Gasteiger partial charge in [0.05, 0.1) is 13.2 Å². The summed E-state index contributed by atoms with van der Waals surface area (Å²) < 4.78 is 6.25. The first kappa shape index (κ1) is 5.82. The summed E-state index contributed by atoms with van der Waals surface area (Å²) >= 11 is 2.40. The monoisotopic (exact) mass is 212 g/mol. The average Bonchev–Trinajstić information content (AvgIpc) is 1.61. The molecule has 1 saturated heterocycles. The summed E-state index contributed by atoms with van der Waals surface area (Å²) in [6.45, 7) is 4.19. The minimum absolute atomic E-state index is 0.528. The van der Waals surface area contributed by atoms with Gasteiger partial charge in [0.1, 0.15) is 0 Å². The normalized spacial score (nSPS) is 26.6. The summed E-state index contributed by atoms with van der Waals surface area (Å²) in [6, 6.07) is 0. The quantitative estimate of drug-likeness (QED) is 0.472. The number of hydrogen-bond acceptors (Lipinski definition) is 1. The van der Waals surface area contributed by atoms with Crippen LogP contribution in [0.5, 0.6) is 0 Å². The lowest BCUT2D eigenvalue weighted by Crippen LogP contribution is -2.40. The Kier molecular flexibility index (Phi) is 1.58. The molecule has 0 unspecified atom stereocenters. The highest BCUT2D eigenvalue weighted by atomic mass is 127. The predicted octanol–water partition coefficient (Wildman–Crippen LogP) is 1.46. The lowest BCUT2D eigenvalue weighted by Gasteiger charge is -2.36. The summed E-state index contributed by atoms with van der Waals surface area (Å²) in [5, 5.41) is 0. The highest BCUT2D eigenvalue weighted by Gasteiger charge is 2.31. The Morgan fingerprint density at radius 1 is 1.71 bits per heavy atom. The van der Waals surface area contributed by atoms with Crippen LogP contribution < -0.4 is 0 Å². The average molecular weight is 212 g/mol. The standard InChI is InChI=1S/C5H9IO/c1-5(2-6)3-7-4-5/h2-4H2,1H3. The van der Waals surface area contributed by atoms with Crippen LogP contribution in [0.4, 0.5) is 0 Å². The molecule has 0 aromatic rings. The largest absolute Gasteiger partial charge is 0.380 e. The molecule has 0 radical (unpaired) electrons. The van der Waals surface area contributed by atoms with Crippen molar-refractivity contribution in [3.8, 4) is 0 Å². The molecule has 0 aromatic carbocycles. The zero-order chi connectivity index (χ0) is 5.33. The van der Waals surface area contributed by atoms with Crippen LogP contribution in [0.15, 0.2) is 0 Å². The van der Waals surface area contributed by atoms with E-state index in [4.69, 9.17) is 4.74 Å². The summed E-state index contributed by atoms with van der Waals surface area (Å²) in [4.78, 5) is 0. The van der Waals surface area contributed by atoms with Crippen molar-refractivity contribution in [1.82, 2.24) is 0 Å². The molecule has 1 aliphatic rings. The van der Waals surface area contributed by atoms with Crippen molar-refractivity contribution in [2.45, 2.75) is 6.92 Å². The van der Waals surface area contributed by atoms with Crippen LogP contribution >= 0.6 is 22.6 Å². The second kappa shape index (κ2) is 1.90. The Labute approximate surface area is 57.6 Å². The van der Waals surface area contributed by atoms with E-state index < -0.39 is 0 Å². The Hall–Kier alpha value is 0.690. The molecular weight excluding hydrogens is 203 g/mol. The highest BCUT2D eigenvalue weighted by Crippen LogP contribution is 2.28. The molecule has 0 aromatic heterocycles. The molecular formula is C5H9IO. The van der Waals surface area contributed by atoms with Crippen LogP contribution in [-0.2, 0) is 4.74 Å². The van der Waals surface area contributed by atoms with Gasteiger partial charge in [-0.1, -0.05) is 29.5 Å². The zero-order valence-electron chi connectivity index (χ0n) is 4.41. The number of alkyl halides is 1. The van der Waals surface area contributed by atoms with Gasteiger partial charge in [-0.15, -0.1) is 0 Å². The van der Waals surface area contributed by atoms with Crippen LogP contribution in [0.1, 0.15) is 6.92 Å². The fourth-order valence-corrected chi connectivity index (χ4v) is 0.968. The summed E-state index contributed by atoms with van der Waals surface area (Å²) in [6.07, 6.45) is 0. The molecule has 0 N–H and O–H groups in total. The predicted molar refractivity (Wildman–Crippen MR) is 37.8 cm³/mol. The minimum atomic E-state index is 0.528. The Balaban J connectivity index is 2.29. The SMILES string of the molecule is CC1(CI)COC1. The first-order valence-electron chi connectivity index (χ1n) is 2.41. The molecule has 7 heavy (non-hydrogen) atoms. The second-order valence-electron chi connectivity index (χ2n) is 2.44. The molecule has 0 atom stereocenters. The van der Waals surface area contributed by atoms with Gasteiger partial charge in [-0.3, -0.25) is 0 Å². The Morgan fingerprint density at radius 3 is 2.29 bits per heavy atom. The van der Waals surface area contributed by atoms with Gasteiger partial charge in [-0.25, -0.2) is 0 Å². The minimum Gasteiger partial charge on any atom is -0.380 e. The number of halogens is 1. The topological polar surface area (TPSA) is 9.23 Å². The van der Waals surface area contributed by atoms with Crippen LogP contribution in [-0.4, -0.2) is 17.6 Å². The maximum Gasteiger partial charge on any atom is 0.0549 e. The zero-order valence-corrected chi connectivity index (χ0v) is 6.57. The number of ether oxygens (including phenoxy) is 1. The van der Waals surface area contributed by atoms with Crippen molar-refractivity contribution in [2.75, 3.05) is 17.6 Å². The first-order chi connectivity index (χ1) is 3.27. The van der Waals surface area contributed by atoms with Gasteiger partial charge in [0.15, 0.2) is 0 Å². The van der Waals surface area contributed by atoms with Gasteiger partial charge in [-0.2, -0.15) is 0 Å². The lowest BCUT2D eigenvalue weighted by molar-refractivity contribution is -0.0843. The summed E-state index contributed by atoms with van der Waals surface area (Å²) in [5.41, 5.74) is 0.528. The first-order valence-corrected chi connectivity index (χ1v) is 3.93. The molecule has 0 bridgehead atoms. The Bertz CT molecular complexity index is 63.0. The number of rotatable bonds is 1. The van der Waals surface area contributed by atoms with Gasteiger partial charge in [0, 0.05) is 9.84 Å². The van der Waals surface area contributed by atoms with Crippen molar-refractivity contribution in [3.63, 3.8) is 0 Å². The van der Waals surface area contributed by atoms with Crippen molar-refractivity contribution in [1.29, 1.82) is 0 Å². The molecule has 0 aliphatic carbocycles. The highest BCUT2D eigenvalue weighted by molar-refractivity contribution is 14.1. The van der Waals surface area contributed by atoms with E-state index >= 15 is 0 Å². The van der Waals surface area contributed by atoms with Gasteiger partial charge in [0.2, 0.25) is 0 Å². The van der Waals surface area contributed by atoms with E-state index in [9.17, 15) is 0 Å². The third-order valence-electron chi connectivity index (χ3n) is 1.22. The molecule has 0 amide bonds.